The van der Waals surface area contributed by atoms with Gasteiger partial charge in [-0.1, -0.05) is 43.5 Å². The van der Waals surface area contributed by atoms with Crippen molar-refractivity contribution in [3.63, 3.8) is 0 Å². The van der Waals surface area contributed by atoms with Gasteiger partial charge in [-0.25, -0.2) is 8.42 Å². The number of sulfone groups is 1. The van der Waals surface area contributed by atoms with Crippen LogP contribution in [-0.2, 0) is 21.1 Å². The summed E-state index contributed by atoms with van der Waals surface area (Å²) >= 11 is 0. The van der Waals surface area contributed by atoms with Gasteiger partial charge in [-0.05, 0) is 43.2 Å². The van der Waals surface area contributed by atoms with Gasteiger partial charge in [-0.3, -0.25) is 4.79 Å². The van der Waals surface area contributed by atoms with Crippen molar-refractivity contribution in [2.24, 2.45) is 0 Å². The lowest BCUT2D eigenvalue weighted by Gasteiger charge is -2.20. The van der Waals surface area contributed by atoms with Gasteiger partial charge in [0, 0.05) is 0 Å². The number of rotatable bonds is 4. The van der Waals surface area contributed by atoms with Gasteiger partial charge in [0.2, 0.25) is 5.91 Å². The fourth-order valence-corrected chi connectivity index (χ4v) is 5.59. The molecule has 1 N–H and O–H groups in total. The number of fused-ring (bicyclic) bond motifs is 1. The van der Waals surface area contributed by atoms with E-state index in [2.05, 4.69) is 17.4 Å². The lowest BCUT2D eigenvalue weighted by Crippen LogP contribution is -2.36. The maximum absolute atomic E-state index is 12.3. The van der Waals surface area contributed by atoms with Crippen LogP contribution in [0.2, 0.25) is 0 Å². The lowest BCUT2D eigenvalue weighted by molar-refractivity contribution is -0.119. The molecular weight excluding hydrogens is 310 g/mol. The third-order valence-corrected chi connectivity index (χ3v) is 7.25. The second kappa shape index (κ2) is 7.04. The molecule has 0 radical (unpaired) electrons. The quantitative estimate of drug-likeness (QED) is 0.861. The van der Waals surface area contributed by atoms with Crippen molar-refractivity contribution < 1.29 is 13.2 Å². The number of carbonyl (C=O) groups excluding carboxylic acids is 1. The molecule has 3 rings (SSSR count). The molecule has 0 aromatic heterocycles. The predicted octanol–water partition coefficient (Wildman–Crippen LogP) is 2.93. The van der Waals surface area contributed by atoms with Crippen molar-refractivity contribution in [1.29, 1.82) is 0 Å². The Morgan fingerprint density at radius 3 is 2.52 bits per heavy atom. The third-order valence-electron chi connectivity index (χ3n) is 5.10. The smallest absolute Gasteiger partial charge is 0.235 e. The van der Waals surface area contributed by atoms with Crippen LogP contribution in [-0.4, -0.2) is 25.3 Å². The van der Waals surface area contributed by atoms with E-state index in [9.17, 15) is 13.2 Å². The van der Waals surface area contributed by atoms with E-state index in [4.69, 9.17) is 0 Å². The molecule has 0 spiro atoms. The molecule has 23 heavy (non-hydrogen) atoms. The van der Waals surface area contributed by atoms with Crippen molar-refractivity contribution >= 4 is 15.7 Å². The van der Waals surface area contributed by atoms with Gasteiger partial charge >= 0.3 is 0 Å². The summed E-state index contributed by atoms with van der Waals surface area (Å²) < 4.78 is 24.7. The van der Waals surface area contributed by atoms with E-state index in [0.29, 0.717) is 12.8 Å². The molecule has 1 saturated carbocycles. The highest BCUT2D eigenvalue weighted by molar-refractivity contribution is 7.92. The van der Waals surface area contributed by atoms with Crippen molar-refractivity contribution in [1.82, 2.24) is 5.32 Å². The van der Waals surface area contributed by atoms with Gasteiger partial charge < -0.3 is 5.32 Å². The van der Waals surface area contributed by atoms with Crippen molar-refractivity contribution in [2.75, 3.05) is 5.75 Å². The molecule has 1 atom stereocenters. The lowest BCUT2D eigenvalue weighted by atomic mass is 9.99. The summed E-state index contributed by atoms with van der Waals surface area (Å²) in [6.07, 6.45) is 7.42. The van der Waals surface area contributed by atoms with Gasteiger partial charge in [-0.15, -0.1) is 0 Å². The average Bonchev–Trinajstić information content (AvgIpc) is 2.99. The molecule has 0 heterocycles. The molecule has 2 aliphatic carbocycles. The van der Waals surface area contributed by atoms with E-state index in [1.165, 1.54) is 5.56 Å². The molecule has 5 heteroatoms. The molecule has 1 aromatic rings. The first-order valence-electron chi connectivity index (χ1n) is 8.65. The zero-order chi connectivity index (χ0) is 16.3. The van der Waals surface area contributed by atoms with E-state index in [-0.39, 0.29) is 23.0 Å². The largest absolute Gasteiger partial charge is 0.348 e. The molecule has 2 aliphatic rings. The fourth-order valence-electron chi connectivity index (χ4n) is 3.86. The Balaban J connectivity index is 1.68. The summed E-state index contributed by atoms with van der Waals surface area (Å²) in [6.45, 7) is 0. The van der Waals surface area contributed by atoms with Crippen LogP contribution in [0, 0.1) is 0 Å². The Morgan fingerprint density at radius 1 is 1.04 bits per heavy atom. The van der Waals surface area contributed by atoms with Gasteiger partial charge in [0.15, 0.2) is 9.84 Å². The zero-order valence-corrected chi connectivity index (χ0v) is 14.3. The third kappa shape index (κ3) is 3.94. The molecule has 1 fully saturated rings. The molecule has 1 amide bonds. The topological polar surface area (TPSA) is 63.2 Å². The number of benzene rings is 1. The van der Waals surface area contributed by atoms with E-state index in [1.54, 1.807) is 0 Å². The van der Waals surface area contributed by atoms with Gasteiger partial charge in [0.05, 0.1) is 11.3 Å². The average molecular weight is 335 g/mol. The minimum absolute atomic E-state index is 0.0556. The molecule has 126 valence electrons. The molecule has 1 aromatic carbocycles. The summed E-state index contributed by atoms with van der Waals surface area (Å²) in [7, 11) is -3.31. The van der Waals surface area contributed by atoms with Crippen LogP contribution in [0.1, 0.15) is 62.1 Å². The normalized spacial score (nSPS) is 22.3. The Labute approximate surface area is 138 Å². The summed E-state index contributed by atoms with van der Waals surface area (Å²) in [5, 5.41) is 2.67. The minimum Gasteiger partial charge on any atom is -0.348 e. The number of hydrogen-bond donors (Lipinski definition) is 1. The number of carbonyl (C=O) groups is 1. The molecule has 0 saturated heterocycles. The van der Waals surface area contributed by atoms with E-state index >= 15 is 0 Å². The standard InChI is InChI=1S/C18H25NO3S/c20-18(13-23(21,22)15-9-3-4-10-15)19-17-12-6-2-8-14-7-1-5-11-16(14)17/h1,5,7,11,15,17H,2-4,6,8-10,12-13H2,(H,19,20). The Morgan fingerprint density at radius 2 is 1.74 bits per heavy atom. The number of amides is 1. The zero-order valence-electron chi connectivity index (χ0n) is 13.5. The number of hydrogen-bond acceptors (Lipinski definition) is 3. The maximum Gasteiger partial charge on any atom is 0.235 e. The van der Waals surface area contributed by atoms with Crippen molar-refractivity contribution in [3.05, 3.63) is 35.4 Å². The Kier molecular flexibility index (Phi) is 5.05. The molecular formula is C18H25NO3S. The van der Waals surface area contributed by atoms with Gasteiger partial charge in [-0.2, -0.15) is 0 Å². The highest BCUT2D eigenvalue weighted by atomic mass is 32.2. The first kappa shape index (κ1) is 16.5. The van der Waals surface area contributed by atoms with Gasteiger partial charge in [0.25, 0.3) is 0 Å². The fraction of sp³-hybridized carbons (Fsp3) is 0.611. The SMILES string of the molecule is O=C(CS(=O)(=O)C1CCCC1)NC1CCCCc2ccccc21. The minimum atomic E-state index is -3.31. The highest BCUT2D eigenvalue weighted by Gasteiger charge is 2.31. The summed E-state index contributed by atoms with van der Waals surface area (Å²) in [5.41, 5.74) is 2.42. The Hall–Kier alpha value is -1.36. The number of aryl methyl sites for hydroxylation is 1. The molecule has 0 aliphatic heterocycles. The van der Waals surface area contributed by atoms with Crippen LogP contribution in [0.4, 0.5) is 0 Å². The van der Waals surface area contributed by atoms with Crippen molar-refractivity contribution in [2.45, 2.75) is 62.7 Å². The van der Waals surface area contributed by atoms with E-state index in [0.717, 1.165) is 44.1 Å². The van der Waals surface area contributed by atoms with Crippen LogP contribution < -0.4 is 5.32 Å². The summed E-state index contributed by atoms with van der Waals surface area (Å²) in [6, 6.07) is 8.11. The number of nitrogens with one attached hydrogen (secondary N) is 1. The van der Waals surface area contributed by atoms with Crippen LogP contribution >= 0.6 is 0 Å². The highest BCUT2D eigenvalue weighted by Crippen LogP contribution is 2.29. The monoisotopic (exact) mass is 335 g/mol. The maximum atomic E-state index is 12.3. The first-order valence-corrected chi connectivity index (χ1v) is 10.4. The molecule has 4 nitrogen and oxygen atoms in total. The van der Waals surface area contributed by atoms with Crippen LogP contribution in [0.3, 0.4) is 0 Å². The summed E-state index contributed by atoms with van der Waals surface area (Å²) in [4.78, 5) is 12.3. The molecule has 0 bridgehead atoms. The van der Waals surface area contributed by atoms with Crippen molar-refractivity contribution in [3.8, 4) is 0 Å². The summed E-state index contributed by atoms with van der Waals surface area (Å²) in [5.74, 6) is -0.713. The second-order valence-electron chi connectivity index (χ2n) is 6.78. The van der Waals surface area contributed by atoms with Crippen LogP contribution in [0.25, 0.3) is 0 Å². The predicted molar refractivity (Wildman–Crippen MR) is 90.9 cm³/mol. The first-order chi connectivity index (χ1) is 11.1. The Bertz CT molecular complexity index is 663. The van der Waals surface area contributed by atoms with Crippen LogP contribution in [0.15, 0.2) is 24.3 Å². The molecule has 1 unspecified atom stereocenters. The van der Waals surface area contributed by atoms with E-state index < -0.39 is 9.84 Å². The van der Waals surface area contributed by atoms with E-state index in [1.807, 2.05) is 12.1 Å². The second-order valence-corrected chi connectivity index (χ2v) is 9.06. The van der Waals surface area contributed by atoms with Crippen LogP contribution in [0.5, 0.6) is 0 Å². The van der Waals surface area contributed by atoms with Gasteiger partial charge in [0.1, 0.15) is 5.75 Å².